The average Bonchev–Trinajstić information content (AvgIpc) is 2.49. The predicted molar refractivity (Wildman–Crippen MR) is 101 cm³/mol. The Bertz CT molecular complexity index is 715. The van der Waals surface area contributed by atoms with Crippen molar-refractivity contribution in [2.45, 2.75) is 47.5 Å². The molecule has 1 atom stereocenters. The average molecular weight is 324 g/mol. The minimum Gasteiger partial charge on any atom is -0.507 e. The van der Waals surface area contributed by atoms with Crippen LogP contribution in [-0.2, 0) is 0 Å². The maximum absolute atomic E-state index is 10.7. The highest BCUT2D eigenvalue weighted by molar-refractivity contribution is 5.54. The minimum atomic E-state index is -0.0987. The van der Waals surface area contributed by atoms with E-state index in [1.54, 1.807) is 0 Å². The van der Waals surface area contributed by atoms with Crippen molar-refractivity contribution in [2.75, 3.05) is 0 Å². The Morgan fingerprint density at radius 2 is 1.21 bits per heavy atom. The highest BCUT2D eigenvalue weighted by Gasteiger charge is 2.27. The fourth-order valence-electron chi connectivity index (χ4n) is 3.61. The second-order valence-electron chi connectivity index (χ2n) is 6.90. The number of phenolic OH excluding ortho intramolecular Hbond substituents is 2. The quantitative estimate of drug-likeness (QED) is 0.711. The summed E-state index contributed by atoms with van der Waals surface area (Å²) in [4.78, 5) is 0. The van der Waals surface area contributed by atoms with E-state index < -0.39 is 0 Å². The van der Waals surface area contributed by atoms with E-state index in [1.807, 2.05) is 65.0 Å². The number of phenols is 2. The largest absolute Gasteiger partial charge is 0.507 e. The lowest BCUT2D eigenvalue weighted by Crippen LogP contribution is -2.12. The SMILES string of the molecule is CC=CC(C)C(c1cc(C)cc(C)c1O)c1cc(C)cc(C)c1O. The smallest absolute Gasteiger partial charge is 0.122 e. The van der Waals surface area contributed by atoms with Gasteiger partial charge in [0.2, 0.25) is 0 Å². The number of aromatic hydroxyl groups is 2. The number of allylic oxidation sites excluding steroid dienone is 2. The van der Waals surface area contributed by atoms with Crippen molar-refractivity contribution in [3.63, 3.8) is 0 Å². The third-order valence-electron chi connectivity index (χ3n) is 4.64. The molecule has 24 heavy (non-hydrogen) atoms. The van der Waals surface area contributed by atoms with Gasteiger partial charge in [-0.05, 0) is 51.7 Å². The van der Waals surface area contributed by atoms with Gasteiger partial charge in [-0.25, -0.2) is 0 Å². The molecule has 0 spiro atoms. The van der Waals surface area contributed by atoms with E-state index in [1.165, 1.54) is 0 Å². The van der Waals surface area contributed by atoms with Crippen molar-refractivity contribution in [1.82, 2.24) is 0 Å². The van der Waals surface area contributed by atoms with E-state index in [2.05, 4.69) is 13.0 Å². The monoisotopic (exact) mass is 324 g/mol. The van der Waals surface area contributed by atoms with Crippen LogP contribution in [0.2, 0.25) is 0 Å². The molecule has 1 unspecified atom stereocenters. The first-order valence-corrected chi connectivity index (χ1v) is 8.49. The Hall–Kier alpha value is -2.22. The summed E-state index contributed by atoms with van der Waals surface area (Å²) in [7, 11) is 0. The first kappa shape index (κ1) is 18.1. The van der Waals surface area contributed by atoms with Gasteiger partial charge in [-0.15, -0.1) is 0 Å². The molecule has 2 aromatic rings. The van der Waals surface area contributed by atoms with E-state index in [0.29, 0.717) is 11.5 Å². The Kier molecular flexibility index (Phi) is 5.38. The van der Waals surface area contributed by atoms with Crippen LogP contribution in [0, 0.1) is 33.6 Å². The maximum atomic E-state index is 10.7. The van der Waals surface area contributed by atoms with Gasteiger partial charge < -0.3 is 10.2 Å². The molecule has 2 N–H and O–H groups in total. The first-order valence-electron chi connectivity index (χ1n) is 8.49. The Morgan fingerprint density at radius 1 is 0.792 bits per heavy atom. The normalized spacial score (nSPS) is 13.0. The van der Waals surface area contributed by atoms with E-state index >= 15 is 0 Å². The van der Waals surface area contributed by atoms with Crippen LogP contribution in [-0.4, -0.2) is 10.2 Å². The lowest BCUT2D eigenvalue weighted by molar-refractivity contribution is 0.438. The zero-order valence-corrected chi connectivity index (χ0v) is 15.5. The molecule has 0 bridgehead atoms. The highest BCUT2D eigenvalue weighted by Crippen LogP contribution is 2.43. The third kappa shape index (κ3) is 3.48. The molecule has 0 saturated carbocycles. The van der Waals surface area contributed by atoms with Gasteiger partial charge >= 0.3 is 0 Å². The molecular formula is C22H28O2. The second kappa shape index (κ2) is 7.12. The van der Waals surface area contributed by atoms with E-state index in [0.717, 1.165) is 33.4 Å². The van der Waals surface area contributed by atoms with Crippen LogP contribution in [0.25, 0.3) is 0 Å². The van der Waals surface area contributed by atoms with Crippen LogP contribution in [0.15, 0.2) is 36.4 Å². The molecule has 2 aromatic carbocycles. The van der Waals surface area contributed by atoms with Crippen LogP contribution in [0.4, 0.5) is 0 Å². The van der Waals surface area contributed by atoms with Gasteiger partial charge in [-0.3, -0.25) is 0 Å². The van der Waals surface area contributed by atoms with Gasteiger partial charge in [-0.2, -0.15) is 0 Å². The van der Waals surface area contributed by atoms with Gasteiger partial charge in [0.1, 0.15) is 11.5 Å². The molecule has 0 radical (unpaired) electrons. The lowest BCUT2D eigenvalue weighted by Gasteiger charge is -2.26. The summed E-state index contributed by atoms with van der Waals surface area (Å²) in [5.74, 6) is 0.689. The van der Waals surface area contributed by atoms with Crippen molar-refractivity contribution >= 4 is 0 Å². The van der Waals surface area contributed by atoms with Crippen LogP contribution in [0.5, 0.6) is 11.5 Å². The lowest BCUT2D eigenvalue weighted by atomic mass is 9.78. The van der Waals surface area contributed by atoms with Crippen LogP contribution in [0.1, 0.15) is 53.1 Å². The second-order valence-corrected chi connectivity index (χ2v) is 6.90. The van der Waals surface area contributed by atoms with Gasteiger partial charge in [0.05, 0.1) is 0 Å². The third-order valence-corrected chi connectivity index (χ3v) is 4.64. The Morgan fingerprint density at radius 3 is 1.58 bits per heavy atom. The molecule has 0 aliphatic carbocycles. The molecule has 0 aliphatic rings. The predicted octanol–water partition coefficient (Wildman–Crippen LogP) is 5.68. The summed E-state index contributed by atoms with van der Waals surface area (Å²) in [6, 6.07) is 8.03. The van der Waals surface area contributed by atoms with Gasteiger partial charge in [-0.1, -0.05) is 54.5 Å². The summed E-state index contributed by atoms with van der Waals surface area (Å²) in [5.41, 5.74) is 5.71. The molecule has 0 aromatic heterocycles. The first-order chi connectivity index (χ1) is 11.3. The van der Waals surface area contributed by atoms with E-state index in [4.69, 9.17) is 0 Å². The van der Waals surface area contributed by atoms with Crippen molar-refractivity contribution in [3.8, 4) is 11.5 Å². The van der Waals surface area contributed by atoms with Gasteiger partial charge in [0, 0.05) is 17.0 Å². The van der Waals surface area contributed by atoms with E-state index in [-0.39, 0.29) is 11.8 Å². The summed E-state index contributed by atoms with van der Waals surface area (Å²) in [5, 5.41) is 21.4. The molecular weight excluding hydrogens is 296 g/mol. The number of hydrogen-bond donors (Lipinski definition) is 2. The molecule has 0 amide bonds. The minimum absolute atomic E-state index is 0.0987. The summed E-state index contributed by atoms with van der Waals surface area (Å²) < 4.78 is 0. The molecule has 0 fully saturated rings. The van der Waals surface area contributed by atoms with Crippen LogP contribution >= 0.6 is 0 Å². The number of benzene rings is 2. The fourth-order valence-corrected chi connectivity index (χ4v) is 3.61. The molecule has 2 heteroatoms. The van der Waals surface area contributed by atoms with Crippen molar-refractivity contribution in [2.24, 2.45) is 5.92 Å². The Balaban J connectivity index is 2.77. The summed E-state index contributed by atoms with van der Waals surface area (Å²) in [6.07, 6.45) is 4.15. The molecule has 2 rings (SSSR count). The van der Waals surface area contributed by atoms with E-state index in [9.17, 15) is 10.2 Å². The number of aryl methyl sites for hydroxylation is 4. The fraction of sp³-hybridized carbons (Fsp3) is 0.364. The number of hydrogen-bond acceptors (Lipinski definition) is 2. The Labute approximate surface area is 145 Å². The molecule has 2 nitrogen and oxygen atoms in total. The zero-order chi connectivity index (χ0) is 18.0. The summed E-state index contributed by atoms with van der Waals surface area (Å²) >= 11 is 0. The van der Waals surface area contributed by atoms with Crippen molar-refractivity contribution in [1.29, 1.82) is 0 Å². The molecule has 0 saturated heterocycles. The maximum Gasteiger partial charge on any atom is 0.122 e. The van der Waals surface area contributed by atoms with Crippen LogP contribution in [0.3, 0.4) is 0 Å². The molecule has 128 valence electrons. The number of rotatable bonds is 4. The van der Waals surface area contributed by atoms with Gasteiger partial charge in [0.15, 0.2) is 0 Å². The van der Waals surface area contributed by atoms with Crippen molar-refractivity contribution < 1.29 is 10.2 Å². The highest BCUT2D eigenvalue weighted by atomic mass is 16.3. The van der Waals surface area contributed by atoms with Crippen molar-refractivity contribution in [3.05, 3.63) is 69.8 Å². The molecule has 0 aliphatic heterocycles. The molecule has 0 heterocycles. The zero-order valence-electron chi connectivity index (χ0n) is 15.5. The standard InChI is InChI=1S/C22H28O2/c1-7-8-15(4)20(18-11-13(2)9-16(5)21(18)23)19-12-14(3)10-17(6)22(19)24/h7-12,15,20,23-24H,1-6H3. The van der Waals surface area contributed by atoms with Gasteiger partial charge in [0.25, 0.3) is 0 Å². The summed E-state index contributed by atoms with van der Waals surface area (Å²) in [6.45, 7) is 12.0. The topological polar surface area (TPSA) is 40.5 Å². The van der Waals surface area contributed by atoms with Crippen LogP contribution < -0.4 is 0 Å².